The van der Waals surface area contributed by atoms with Crippen molar-refractivity contribution in [2.45, 2.75) is 57.1 Å². The van der Waals surface area contributed by atoms with Crippen molar-refractivity contribution in [1.29, 1.82) is 0 Å². The number of hydrogen-bond acceptors (Lipinski definition) is 7. The molecular weight excluding hydrogens is 518 g/mol. The van der Waals surface area contributed by atoms with Gasteiger partial charge in [-0.3, -0.25) is 24.2 Å². The Balaban J connectivity index is 1.88. The van der Waals surface area contributed by atoms with Gasteiger partial charge in [-0.15, -0.1) is 0 Å². The van der Waals surface area contributed by atoms with Gasteiger partial charge in [0.2, 0.25) is 5.91 Å². The lowest BCUT2D eigenvalue weighted by molar-refractivity contribution is -0.131. The van der Waals surface area contributed by atoms with Crippen LogP contribution < -0.4 is 10.5 Å². The third kappa shape index (κ3) is 4.12. The summed E-state index contributed by atoms with van der Waals surface area (Å²) in [5.41, 5.74) is -1.31. The highest BCUT2D eigenvalue weighted by Gasteiger charge is 2.55. The molecule has 3 amide bonds. The molecule has 2 aliphatic rings. The molecule has 2 atom stereocenters. The predicted octanol–water partition coefficient (Wildman–Crippen LogP) is 5.21. The number of halogens is 2. The molecule has 0 aliphatic carbocycles. The van der Waals surface area contributed by atoms with Gasteiger partial charge in [0.15, 0.2) is 0 Å². The Labute approximate surface area is 220 Å². The Bertz CT molecular complexity index is 1560. The van der Waals surface area contributed by atoms with E-state index in [0.717, 1.165) is 33.7 Å². The second-order valence-corrected chi connectivity index (χ2v) is 12.2. The lowest BCUT2D eigenvalue weighted by atomic mass is 9.86. The summed E-state index contributed by atoms with van der Waals surface area (Å²) in [6.45, 7) is 8.13. The van der Waals surface area contributed by atoms with Gasteiger partial charge in [0.25, 0.3) is 10.8 Å². The Morgan fingerprint density at radius 2 is 1.71 bits per heavy atom. The van der Waals surface area contributed by atoms with Crippen LogP contribution in [-0.4, -0.2) is 42.7 Å². The van der Waals surface area contributed by atoms with Gasteiger partial charge in [-0.25, -0.2) is 18.7 Å². The molecule has 198 valence electrons. The van der Waals surface area contributed by atoms with Crippen LogP contribution in [0.25, 0.3) is 10.8 Å². The standard InChI is InChI=1S/C26H24F2N4O5S/c1-25(2,3)37-23(35)31-16-11-14(28)10-15-17(16)18(29-30-21(15)33)20(19(31)12-6-8-13(27)9-7-12)32-22(34)26(4,5)38-24(32)36/h6-11,19-20H,1-5H3,(H,30,33). The number of benzene rings is 2. The van der Waals surface area contributed by atoms with Gasteiger partial charge in [-0.2, -0.15) is 5.10 Å². The number of aromatic amines is 1. The summed E-state index contributed by atoms with van der Waals surface area (Å²) in [5.74, 6) is -1.89. The van der Waals surface area contributed by atoms with Gasteiger partial charge in [0.05, 0.1) is 27.6 Å². The van der Waals surface area contributed by atoms with Crippen LogP contribution in [0.1, 0.15) is 58.0 Å². The number of anilines is 1. The van der Waals surface area contributed by atoms with E-state index in [4.69, 9.17) is 4.74 Å². The zero-order valence-electron chi connectivity index (χ0n) is 21.2. The Morgan fingerprint density at radius 1 is 1.05 bits per heavy atom. The van der Waals surface area contributed by atoms with E-state index in [1.807, 2.05) is 0 Å². The number of imide groups is 1. The molecule has 0 spiro atoms. The van der Waals surface area contributed by atoms with Crippen molar-refractivity contribution < 1.29 is 27.9 Å². The highest BCUT2D eigenvalue weighted by atomic mass is 32.2. The molecule has 1 saturated heterocycles. The predicted molar refractivity (Wildman–Crippen MR) is 137 cm³/mol. The topological polar surface area (TPSA) is 113 Å². The lowest BCUT2D eigenvalue weighted by Gasteiger charge is -2.44. The quantitative estimate of drug-likeness (QED) is 0.473. The molecule has 1 fully saturated rings. The lowest BCUT2D eigenvalue weighted by Crippen LogP contribution is -2.50. The van der Waals surface area contributed by atoms with Gasteiger partial charge < -0.3 is 4.74 Å². The number of aromatic nitrogens is 2. The number of ether oxygens (including phenoxy) is 1. The summed E-state index contributed by atoms with van der Waals surface area (Å²) in [4.78, 5) is 55.5. The molecule has 3 aromatic rings. The fourth-order valence-electron chi connectivity index (χ4n) is 4.81. The average Bonchev–Trinajstić information content (AvgIpc) is 3.00. The first-order valence-corrected chi connectivity index (χ1v) is 12.6. The van der Waals surface area contributed by atoms with Crippen LogP contribution in [0.15, 0.2) is 41.2 Å². The number of nitrogens with one attached hydrogen (secondary N) is 1. The zero-order valence-corrected chi connectivity index (χ0v) is 22.0. The van der Waals surface area contributed by atoms with Crippen molar-refractivity contribution in [2.24, 2.45) is 0 Å². The van der Waals surface area contributed by atoms with Crippen LogP contribution in [0, 0.1) is 11.6 Å². The van der Waals surface area contributed by atoms with Gasteiger partial charge in [-0.1, -0.05) is 12.1 Å². The summed E-state index contributed by atoms with van der Waals surface area (Å²) >= 11 is 0.811. The third-order valence-corrected chi connectivity index (χ3v) is 7.39. The van der Waals surface area contributed by atoms with Crippen LogP contribution in [0.3, 0.4) is 0 Å². The smallest absolute Gasteiger partial charge is 0.415 e. The van der Waals surface area contributed by atoms with Gasteiger partial charge in [0, 0.05) is 5.39 Å². The van der Waals surface area contributed by atoms with Crippen molar-refractivity contribution in [3.63, 3.8) is 0 Å². The number of carbonyl (C=O) groups excluding carboxylic acids is 3. The van der Waals surface area contributed by atoms with E-state index < -0.39 is 56.9 Å². The summed E-state index contributed by atoms with van der Waals surface area (Å²) in [6.07, 6.45) is -0.916. The molecule has 3 heterocycles. The number of rotatable bonds is 2. The van der Waals surface area contributed by atoms with Gasteiger partial charge in [0.1, 0.15) is 23.3 Å². The van der Waals surface area contributed by atoms with Crippen LogP contribution in [0.4, 0.5) is 24.1 Å². The maximum Gasteiger partial charge on any atom is 0.415 e. The minimum absolute atomic E-state index is 0.0283. The molecule has 5 rings (SSSR count). The first-order chi connectivity index (χ1) is 17.7. The number of amides is 3. The molecule has 9 nitrogen and oxygen atoms in total. The Morgan fingerprint density at radius 3 is 2.29 bits per heavy atom. The van der Waals surface area contributed by atoms with E-state index in [1.165, 1.54) is 24.3 Å². The Kier molecular flexibility index (Phi) is 5.86. The van der Waals surface area contributed by atoms with E-state index in [2.05, 4.69) is 10.2 Å². The van der Waals surface area contributed by atoms with E-state index in [-0.39, 0.29) is 22.2 Å². The highest BCUT2D eigenvalue weighted by molar-refractivity contribution is 8.16. The summed E-state index contributed by atoms with van der Waals surface area (Å²) in [6, 6.07) is 4.77. The minimum atomic E-state index is -1.25. The number of carbonyl (C=O) groups is 3. The van der Waals surface area contributed by atoms with Crippen LogP contribution >= 0.6 is 11.8 Å². The molecule has 1 aromatic heterocycles. The molecule has 0 bridgehead atoms. The molecule has 12 heteroatoms. The fraction of sp³-hybridized carbons (Fsp3) is 0.346. The van der Waals surface area contributed by atoms with E-state index in [9.17, 15) is 28.0 Å². The normalized spacial score (nSPS) is 20.8. The van der Waals surface area contributed by atoms with Crippen LogP contribution in [-0.2, 0) is 9.53 Å². The molecule has 1 N–H and O–H groups in total. The SMILES string of the molecule is CC(C)(C)OC(=O)N1c2cc(F)cc3c(=O)[nH]nc(c23)C(N2C(=O)SC(C)(C)C2=O)C1c1ccc(F)cc1. The van der Waals surface area contributed by atoms with Crippen molar-refractivity contribution >= 4 is 45.5 Å². The van der Waals surface area contributed by atoms with E-state index >= 15 is 0 Å². The zero-order chi connectivity index (χ0) is 27.7. The molecule has 0 saturated carbocycles. The third-order valence-electron chi connectivity index (χ3n) is 6.33. The van der Waals surface area contributed by atoms with E-state index in [0.29, 0.717) is 5.56 Å². The van der Waals surface area contributed by atoms with Crippen molar-refractivity contribution in [2.75, 3.05) is 4.90 Å². The summed E-state index contributed by atoms with van der Waals surface area (Å²) in [7, 11) is 0. The van der Waals surface area contributed by atoms with E-state index in [1.54, 1.807) is 34.6 Å². The molecule has 38 heavy (non-hydrogen) atoms. The maximum absolute atomic E-state index is 14.9. The second-order valence-electron chi connectivity index (χ2n) is 10.6. The molecule has 2 aromatic carbocycles. The summed E-state index contributed by atoms with van der Waals surface area (Å²) < 4.78 is 33.4. The van der Waals surface area contributed by atoms with Crippen molar-refractivity contribution in [1.82, 2.24) is 15.1 Å². The van der Waals surface area contributed by atoms with Crippen molar-refractivity contribution in [3.05, 3.63) is 69.6 Å². The molecule has 0 radical (unpaired) electrons. The maximum atomic E-state index is 14.9. The number of nitrogens with zero attached hydrogens (tertiary/aromatic N) is 3. The summed E-state index contributed by atoms with van der Waals surface area (Å²) in [5, 5.41) is 5.92. The monoisotopic (exact) mass is 542 g/mol. The van der Waals surface area contributed by atoms with Gasteiger partial charge >= 0.3 is 6.09 Å². The average molecular weight is 543 g/mol. The number of H-pyrrole nitrogens is 1. The Hall–Kier alpha value is -3.80. The van der Waals surface area contributed by atoms with Crippen LogP contribution in [0.5, 0.6) is 0 Å². The number of hydrogen-bond donors (Lipinski definition) is 1. The van der Waals surface area contributed by atoms with Gasteiger partial charge in [-0.05, 0) is 76.2 Å². The minimum Gasteiger partial charge on any atom is -0.443 e. The first kappa shape index (κ1) is 25.8. The molecule has 2 unspecified atom stereocenters. The largest absolute Gasteiger partial charge is 0.443 e. The second kappa shape index (κ2) is 8.62. The number of thioether (sulfide) groups is 1. The first-order valence-electron chi connectivity index (χ1n) is 11.8. The fourth-order valence-corrected chi connectivity index (χ4v) is 5.73. The van der Waals surface area contributed by atoms with Crippen LogP contribution in [0.2, 0.25) is 0 Å². The molecular formula is C26H24F2N4O5S. The highest BCUT2D eigenvalue weighted by Crippen LogP contribution is 2.53. The van der Waals surface area contributed by atoms with Crippen molar-refractivity contribution in [3.8, 4) is 0 Å². The molecule has 2 aliphatic heterocycles.